The molecule has 1 aromatic rings. The molecule has 0 saturated carbocycles. The Balaban J connectivity index is 0.00000441. The summed E-state index contributed by atoms with van der Waals surface area (Å²) < 4.78 is 0. The molecule has 0 fully saturated rings. The summed E-state index contributed by atoms with van der Waals surface area (Å²) in [5, 5.41) is 9.34. The molecule has 1 unspecified atom stereocenters. The third-order valence-electron chi connectivity index (χ3n) is 3.20. The molecule has 0 aromatic heterocycles. The van der Waals surface area contributed by atoms with Crippen LogP contribution < -0.4 is 16.0 Å². The van der Waals surface area contributed by atoms with Crippen LogP contribution in [0.15, 0.2) is 29.3 Å². The van der Waals surface area contributed by atoms with Crippen LogP contribution >= 0.6 is 24.0 Å². The summed E-state index contributed by atoms with van der Waals surface area (Å²) in [6, 6.07) is 7.94. The molecule has 0 bridgehead atoms. The Morgan fingerprint density at radius 1 is 1.27 bits per heavy atom. The van der Waals surface area contributed by atoms with Crippen LogP contribution in [0.25, 0.3) is 0 Å². The van der Waals surface area contributed by atoms with Gasteiger partial charge in [0.05, 0.1) is 0 Å². The van der Waals surface area contributed by atoms with E-state index in [0.29, 0.717) is 24.7 Å². The molecule has 1 aromatic carbocycles. The molecule has 22 heavy (non-hydrogen) atoms. The Labute approximate surface area is 150 Å². The van der Waals surface area contributed by atoms with Gasteiger partial charge in [0, 0.05) is 31.7 Å². The smallest absolute Gasteiger partial charge is 0.251 e. The molecule has 5 nitrogen and oxygen atoms in total. The third kappa shape index (κ3) is 7.63. The van der Waals surface area contributed by atoms with Crippen LogP contribution in [0.5, 0.6) is 0 Å². The average Bonchev–Trinajstić information content (AvgIpc) is 2.49. The zero-order valence-corrected chi connectivity index (χ0v) is 16.1. The van der Waals surface area contributed by atoms with Crippen molar-refractivity contribution in [3.8, 4) is 0 Å². The summed E-state index contributed by atoms with van der Waals surface area (Å²) in [5.74, 6) is 0.708. The zero-order chi connectivity index (χ0) is 15.7. The normalized spacial score (nSPS) is 12.1. The van der Waals surface area contributed by atoms with Gasteiger partial charge < -0.3 is 16.0 Å². The number of carbonyl (C=O) groups excluding carboxylic acids is 1. The molecular formula is C16H27IN4O. The fraction of sp³-hybridized carbons (Fsp3) is 0.500. The van der Waals surface area contributed by atoms with Gasteiger partial charge in [-0.25, -0.2) is 0 Å². The highest BCUT2D eigenvalue weighted by atomic mass is 127. The van der Waals surface area contributed by atoms with Crippen LogP contribution in [0.3, 0.4) is 0 Å². The average molecular weight is 418 g/mol. The van der Waals surface area contributed by atoms with Gasteiger partial charge in [0.2, 0.25) is 0 Å². The van der Waals surface area contributed by atoms with Crippen LogP contribution in [0.4, 0.5) is 0 Å². The van der Waals surface area contributed by atoms with Crippen molar-refractivity contribution in [1.82, 2.24) is 16.0 Å². The van der Waals surface area contributed by atoms with E-state index in [1.54, 1.807) is 7.05 Å². The molecule has 0 aliphatic rings. The predicted octanol–water partition coefficient (Wildman–Crippen LogP) is 2.31. The van der Waals surface area contributed by atoms with Crippen molar-refractivity contribution in [3.05, 3.63) is 35.4 Å². The molecule has 0 heterocycles. The Bertz CT molecular complexity index is 491. The first-order valence-electron chi connectivity index (χ1n) is 7.38. The zero-order valence-electron chi connectivity index (χ0n) is 13.8. The number of carbonyl (C=O) groups is 1. The van der Waals surface area contributed by atoms with Gasteiger partial charge in [-0.3, -0.25) is 9.79 Å². The van der Waals surface area contributed by atoms with Gasteiger partial charge in [0.15, 0.2) is 5.96 Å². The number of rotatable bonds is 6. The molecule has 0 saturated heterocycles. The number of guanidine groups is 1. The van der Waals surface area contributed by atoms with Gasteiger partial charge in [-0.15, -0.1) is 24.0 Å². The molecule has 1 rings (SSSR count). The van der Waals surface area contributed by atoms with Crippen molar-refractivity contribution < 1.29 is 4.79 Å². The second-order valence-electron chi connectivity index (χ2n) is 5.08. The van der Waals surface area contributed by atoms with Crippen molar-refractivity contribution in [2.75, 3.05) is 20.1 Å². The van der Waals surface area contributed by atoms with E-state index < -0.39 is 0 Å². The number of amides is 1. The van der Waals surface area contributed by atoms with Gasteiger partial charge in [0.1, 0.15) is 0 Å². The number of benzene rings is 1. The first-order chi connectivity index (χ1) is 10.1. The first kappa shape index (κ1) is 20.7. The molecular weight excluding hydrogens is 391 g/mol. The lowest BCUT2D eigenvalue weighted by Gasteiger charge is -2.16. The van der Waals surface area contributed by atoms with Gasteiger partial charge in [0.25, 0.3) is 5.91 Å². The topological polar surface area (TPSA) is 65.5 Å². The van der Waals surface area contributed by atoms with Crippen molar-refractivity contribution in [3.63, 3.8) is 0 Å². The summed E-state index contributed by atoms with van der Waals surface area (Å²) in [5.41, 5.74) is 1.77. The lowest BCUT2D eigenvalue weighted by Crippen LogP contribution is -2.44. The van der Waals surface area contributed by atoms with Crippen molar-refractivity contribution >= 4 is 35.8 Å². The van der Waals surface area contributed by atoms with E-state index in [2.05, 4.69) is 34.8 Å². The summed E-state index contributed by atoms with van der Waals surface area (Å²) in [6.45, 7) is 7.38. The van der Waals surface area contributed by atoms with E-state index in [9.17, 15) is 4.79 Å². The Morgan fingerprint density at radius 2 is 1.95 bits per heavy atom. The third-order valence-corrected chi connectivity index (χ3v) is 3.20. The monoisotopic (exact) mass is 418 g/mol. The number of halogens is 1. The van der Waals surface area contributed by atoms with Crippen LogP contribution in [0.1, 0.15) is 36.2 Å². The summed E-state index contributed by atoms with van der Waals surface area (Å²) in [7, 11) is 1.74. The van der Waals surface area contributed by atoms with E-state index >= 15 is 0 Å². The largest absolute Gasteiger partial charge is 0.355 e. The van der Waals surface area contributed by atoms with Crippen LogP contribution in [-0.2, 0) is 0 Å². The van der Waals surface area contributed by atoms with Crippen molar-refractivity contribution in [2.45, 2.75) is 33.2 Å². The summed E-state index contributed by atoms with van der Waals surface area (Å²) in [4.78, 5) is 16.1. The SMILES string of the molecule is CCC(C)NC(=NC)NCCNC(=O)c1cccc(C)c1.I. The van der Waals surface area contributed by atoms with Crippen LogP contribution in [-0.4, -0.2) is 38.0 Å². The number of nitrogens with one attached hydrogen (secondary N) is 3. The lowest BCUT2D eigenvalue weighted by molar-refractivity contribution is 0.0954. The Kier molecular flexibility index (Phi) is 10.6. The minimum Gasteiger partial charge on any atom is -0.355 e. The number of hydrogen-bond donors (Lipinski definition) is 3. The molecule has 124 valence electrons. The van der Waals surface area contributed by atoms with E-state index in [-0.39, 0.29) is 29.9 Å². The van der Waals surface area contributed by atoms with Gasteiger partial charge >= 0.3 is 0 Å². The summed E-state index contributed by atoms with van der Waals surface area (Å²) >= 11 is 0. The molecule has 1 amide bonds. The van der Waals surface area contributed by atoms with Crippen LogP contribution in [0.2, 0.25) is 0 Å². The van der Waals surface area contributed by atoms with E-state index in [1.165, 1.54) is 0 Å². The fourth-order valence-corrected chi connectivity index (χ4v) is 1.78. The maximum atomic E-state index is 12.0. The van der Waals surface area contributed by atoms with E-state index in [0.717, 1.165) is 17.9 Å². The molecule has 0 spiro atoms. The first-order valence-corrected chi connectivity index (χ1v) is 7.38. The molecule has 0 radical (unpaired) electrons. The minimum atomic E-state index is -0.0506. The second kappa shape index (κ2) is 11.3. The van der Waals surface area contributed by atoms with Gasteiger partial charge in [-0.2, -0.15) is 0 Å². The molecule has 0 aliphatic heterocycles. The Hall–Kier alpha value is -1.31. The highest BCUT2D eigenvalue weighted by Gasteiger charge is 2.05. The highest BCUT2D eigenvalue weighted by Crippen LogP contribution is 2.03. The highest BCUT2D eigenvalue weighted by molar-refractivity contribution is 14.0. The number of aliphatic imine (C=N–C) groups is 1. The molecule has 1 atom stereocenters. The molecule has 0 aliphatic carbocycles. The van der Waals surface area contributed by atoms with Crippen LogP contribution in [0, 0.1) is 6.92 Å². The van der Waals surface area contributed by atoms with Crippen molar-refractivity contribution in [2.24, 2.45) is 4.99 Å². The standard InChI is InChI=1S/C16H26N4O.HI/c1-5-13(3)20-16(17-4)19-10-9-18-15(21)14-8-6-7-12(2)11-14;/h6-8,11,13H,5,9-10H2,1-4H3,(H,18,21)(H2,17,19,20);1H. The Morgan fingerprint density at radius 3 is 2.55 bits per heavy atom. The van der Waals surface area contributed by atoms with E-state index in [1.807, 2.05) is 31.2 Å². The van der Waals surface area contributed by atoms with Crippen molar-refractivity contribution in [1.29, 1.82) is 0 Å². The second-order valence-corrected chi connectivity index (χ2v) is 5.08. The molecule has 6 heteroatoms. The van der Waals surface area contributed by atoms with E-state index in [4.69, 9.17) is 0 Å². The summed E-state index contributed by atoms with van der Waals surface area (Å²) in [6.07, 6.45) is 1.03. The van der Waals surface area contributed by atoms with Gasteiger partial charge in [-0.1, -0.05) is 24.6 Å². The fourth-order valence-electron chi connectivity index (χ4n) is 1.78. The van der Waals surface area contributed by atoms with Gasteiger partial charge in [-0.05, 0) is 32.4 Å². The quantitative estimate of drug-likeness (QED) is 0.288. The number of hydrogen-bond acceptors (Lipinski definition) is 2. The lowest BCUT2D eigenvalue weighted by atomic mass is 10.1. The predicted molar refractivity (Wildman–Crippen MR) is 103 cm³/mol. The maximum Gasteiger partial charge on any atom is 0.251 e. The maximum absolute atomic E-state index is 12.0. The number of aryl methyl sites for hydroxylation is 1. The molecule has 3 N–H and O–H groups in total. The number of nitrogens with zero attached hydrogens (tertiary/aromatic N) is 1. The minimum absolute atomic E-state index is 0.